The van der Waals surface area contributed by atoms with Crippen molar-refractivity contribution in [2.45, 2.75) is 24.9 Å². The predicted molar refractivity (Wildman–Crippen MR) is 99.5 cm³/mol. The van der Waals surface area contributed by atoms with Gasteiger partial charge < -0.3 is 19.3 Å². The number of pyridine rings is 1. The van der Waals surface area contributed by atoms with Crippen LogP contribution in [-0.2, 0) is 4.79 Å². The van der Waals surface area contributed by atoms with Crippen LogP contribution in [0.25, 0.3) is 0 Å². The predicted octanol–water partition coefficient (Wildman–Crippen LogP) is 2.75. The highest BCUT2D eigenvalue weighted by Crippen LogP contribution is 2.43. The van der Waals surface area contributed by atoms with Crippen molar-refractivity contribution in [1.82, 2.24) is 9.88 Å². The number of carboxylic acids is 1. The van der Waals surface area contributed by atoms with Gasteiger partial charge in [0, 0.05) is 18.9 Å². The van der Waals surface area contributed by atoms with Crippen molar-refractivity contribution in [1.29, 1.82) is 0 Å². The van der Waals surface area contributed by atoms with Crippen LogP contribution in [0.3, 0.4) is 0 Å². The maximum absolute atomic E-state index is 11.8. The van der Waals surface area contributed by atoms with Crippen LogP contribution in [0, 0.1) is 0 Å². The molecule has 1 aromatic heterocycles. The van der Waals surface area contributed by atoms with Crippen LogP contribution in [0.2, 0.25) is 0 Å². The van der Waals surface area contributed by atoms with Gasteiger partial charge in [-0.2, -0.15) is 0 Å². The molecule has 7 nitrogen and oxygen atoms in total. The van der Waals surface area contributed by atoms with Crippen molar-refractivity contribution >= 4 is 5.97 Å². The van der Waals surface area contributed by atoms with E-state index in [4.69, 9.17) is 14.2 Å². The standard InChI is InChI=1S/C20H24N2O5/c1-25-16-11-14(12-17(26-2)19(16)27-3)18(13-6-8-21-9-7-13)22-10-4-5-15(22)20(23)24/h6-9,11-12,15,18H,4-5,10H2,1-3H3,(H,23,24). The number of carbonyl (C=O) groups is 1. The molecule has 0 amide bonds. The summed E-state index contributed by atoms with van der Waals surface area (Å²) >= 11 is 0. The van der Waals surface area contributed by atoms with Gasteiger partial charge in [-0.3, -0.25) is 14.7 Å². The van der Waals surface area contributed by atoms with Gasteiger partial charge in [-0.1, -0.05) is 0 Å². The summed E-state index contributed by atoms with van der Waals surface area (Å²) in [6.45, 7) is 0.695. The van der Waals surface area contributed by atoms with Crippen molar-refractivity contribution in [3.8, 4) is 17.2 Å². The average molecular weight is 372 g/mol. The Morgan fingerprint density at radius 2 is 1.74 bits per heavy atom. The summed E-state index contributed by atoms with van der Waals surface area (Å²) in [7, 11) is 4.69. The van der Waals surface area contributed by atoms with Crippen molar-refractivity contribution in [3.63, 3.8) is 0 Å². The lowest BCUT2D eigenvalue weighted by molar-refractivity contribution is -0.142. The number of benzene rings is 1. The number of nitrogens with zero attached hydrogens (tertiary/aromatic N) is 2. The first kappa shape index (κ1) is 19.0. The number of aromatic nitrogens is 1. The summed E-state index contributed by atoms with van der Waals surface area (Å²) in [5.74, 6) is 0.779. The molecule has 144 valence electrons. The third kappa shape index (κ3) is 3.68. The fourth-order valence-corrected chi connectivity index (χ4v) is 3.74. The second-order valence-corrected chi connectivity index (χ2v) is 6.38. The molecule has 1 aliphatic rings. The van der Waals surface area contributed by atoms with E-state index in [-0.39, 0.29) is 6.04 Å². The summed E-state index contributed by atoms with van der Waals surface area (Å²) in [6.07, 6.45) is 4.89. The molecule has 1 saturated heterocycles. The molecule has 0 spiro atoms. The minimum Gasteiger partial charge on any atom is -0.493 e. The maximum Gasteiger partial charge on any atom is 0.320 e. The molecule has 0 radical (unpaired) electrons. The first-order chi connectivity index (χ1) is 13.1. The van der Waals surface area contributed by atoms with Crippen molar-refractivity contribution in [3.05, 3.63) is 47.8 Å². The number of hydrogen-bond acceptors (Lipinski definition) is 6. The Kier molecular flexibility index (Phi) is 5.81. The summed E-state index contributed by atoms with van der Waals surface area (Å²) in [5.41, 5.74) is 1.84. The highest BCUT2D eigenvalue weighted by atomic mass is 16.5. The Morgan fingerprint density at radius 1 is 1.11 bits per heavy atom. The maximum atomic E-state index is 11.8. The number of ether oxygens (including phenoxy) is 3. The molecule has 7 heteroatoms. The van der Waals surface area contributed by atoms with E-state index in [1.54, 1.807) is 33.7 Å². The van der Waals surface area contributed by atoms with Crippen molar-refractivity contribution < 1.29 is 24.1 Å². The fourth-order valence-electron chi connectivity index (χ4n) is 3.74. The number of hydrogen-bond donors (Lipinski definition) is 1. The number of carboxylic acid groups (broad SMARTS) is 1. The zero-order valence-electron chi connectivity index (χ0n) is 15.7. The second-order valence-electron chi connectivity index (χ2n) is 6.38. The molecule has 1 N–H and O–H groups in total. The molecule has 1 aliphatic heterocycles. The molecule has 1 aromatic carbocycles. The molecular weight excluding hydrogens is 348 g/mol. The van der Waals surface area contributed by atoms with E-state index in [9.17, 15) is 9.90 Å². The van der Waals surface area contributed by atoms with Crippen LogP contribution in [0.4, 0.5) is 0 Å². The Hall–Kier alpha value is -2.80. The van der Waals surface area contributed by atoms with Gasteiger partial charge in [0.05, 0.1) is 27.4 Å². The van der Waals surface area contributed by atoms with Crippen molar-refractivity contribution in [2.75, 3.05) is 27.9 Å². The Labute approximate surface area is 158 Å². The Balaban J connectivity index is 2.15. The third-order valence-corrected chi connectivity index (χ3v) is 4.94. The normalized spacial score (nSPS) is 18.1. The van der Waals surface area contributed by atoms with Crippen LogP contribution in [0.1, 0.15) is 30.0 Å². The zero-order valence-corrected chi connectivity index (χ0v) is 15.7. The van der Waals surface area contributed by atoms with E-state index >= 15 is 0 Å². The molecular formula is C20H24N2O5. The first-order valence-electron chi connectivity index (χ1n) is 8.79. The molecule has 3 rings (SSSR count). The van der Waals surface area contributed by atoms with E-state index in [1.165, 1.54) is 0 Å². The highest BCUT2D eigenvalue weighted by molar-refractivity contribution is 5.74. The first-order valence-corrected chi connectivity index (χ1v) is 8.79. The van der Waals surface area contributed by atoms with Crippen LogP contribution in [0.5, 0.6) is 17.2 Å². The van der Waals surface area contributed by atoms with Gasteiger partial charge in [0.2, 0.25) is 5.75 Å². The van der Waals surface area contributed by atoms with Crippen LogP contribution < -0.4 is 14.2 Å². The molecule has 0 bridgehead atoms. The van der Waals surface area contributed by atoms with Crippen LogP contribution >= 0.6 is 0 Å². The molecule has 2 aromatic rings. The zero-order chi connectivity index (χ0) is 19.4. The summed E-state index contributed by atoms with van der Waals surface area (Å²) < 4.78 is 16.4. The summed E-state index contributed by atoms with van der Waals surface area (Å²) in [6, 6.07) is 6.77. The minimum absolute atomic E-state index is 0.259. The van der Waals surface area contributed by atoms with Gasteiger partial charge in [-0.05, 0) is 48.2 Å². The van der Waals surface area contributed by atoms with E-state index in [2.05, 4.69) is 4.98 Å². The van der Waals surface area contributed by atoms with Gasteiger partial charge in [0.1, 0.15) is 6.04 Å². The number of rotatable bonds is 7. The molecule has 2 unspecified atom stereocenters. The molecule has 2 heterocycles. The largest absolute Gasteiger partial charge is 0.493 e. The van der Waals surface area contributed by atoms with Gasteiger partial charge in [0.25, 0.3) is 0 Å². The Morgan fingerprint density at radius 3 is 2.26 bits per heavy atom. The average Bonchev–Trinajstić information content (AvgIpc) is 3.17. The van der Waals surface area contributed by atoms with E-state index in [0.29, 0.717) is 30.2 Å². The lowest BCUT2D eigenvalue weighted by Gasteiger charge is -2.32. The van der Waals surface area contributed by atoms with E-state index in [1.807, 2.05) is 29.2 Å². The smallest absolute Gasteiger partial charge is 0.320 e. The second kappa shape index (κ2) is 8.26. The van der Waals surface area contributed by atoms with Crippen LogP contribution in [-0.4, -0.2) is 54.9 Å². The lowest BCUT2D eigenvalue weighted by Crippen LogP contribution is -2.39. The van der Waals surface area contributed by atoms with Gasteiger partial charge in [-0.25, -0.2) is 0 Å². The highest BCUT2D eigenvalue weighted by Gasteiger charge is 2.37. The summed E-state index contributed by atoms with van der Waals surface area (Å²) in [5, 5.41) is 9.69. The number of aliphatic carboxylic acids is 1. The Bertz CT molecular complexity index is 771. The van der Waals surface area contributed by atoms with Gasteiger partial charge in [-0.15, -0.1) is 0 Å². The molecule has 2 atom stereocenters. The number of likely N-dealkylation sites (tertiary alicyclic amines) is 1. The topological polar surface area (TPSA) is 81.1 Å². The quantitative estimate of drug-likeness (QED) is 0.800. The molecule has 27 heavy (non-hydrogen) atoms. The van der Waals surface area contributed by atoms with Gasteiger partial charge in [0.15, 0.2) is 11.5 Å². The number of methoxy groups -OCH3 is 3. The molecule has 0 saturated carbocycles. The molecule has 0 aliphatic carbocycles. The van der Waals surface area contributed by atoms with E-state index < -0.39 is 12.0 Å². The van der Waals surface area contributed by atoms with E-state index in [0.717, 1.165) is 17.5 Å². The third-order valence-electron chi connectivity index (χ3n) is 4.94. The summed E-state index contributed by atoms with van der Waals surface area (Å²) in [4.78, 5) is 17.9. The molecule has 1 fully saturated rings. The SMILES string of the molecule is COc1cc(C(c2ccncc2)N2CCCC2C(=O)O)cc(OC)c1OC. The monoisotopic (exact) mass is 372 g/mol. The van der Waals surface area contributed by atoms with Crippen molar-refractivity contribution in [2.24, 2.45) is 0 Å². The van der Waals surface area contributed by atoms with Crippen LogP contribution in [0.15, 0.2) is 36.7 Å². The minimum atomic E-state index is -0.806. The lowest BCUT2D eigenvalue weighted by atomic mass is 9.96. The van der Waals surface area contributed by atoms with Gasteiger partial charge >= 0.3 is 5.97 Å². The fraction of sp³-hybridized carbons (Fsp3) is 0.400.